The van der Waals surface area contributed by atoms with Crippen molar-refractivity contribution in [2.24, 2.45) is 11.8 Å². The Kier molecular flexibility index (Phi) is 6.10. The standard InChI is InChI=1S/C18H31NS/c1-5-6-15-8-9-16(12-19-13(2)3)17(11-15)18-10-7-14(4)20-18/h7,10,13,15-17,19H,5-6,8-9,11-12H2,1-4H3. The minimum absolute atomic E-state index is 0.606. The van der Waals surface area contributed by atoms with E-state index in [1.165, 1.54) is 43.5 Å². The van der Waals surface area contributed by atoms with Crippen molar-refractivity contribution in [3.05, 3.63) is 21.9 Å². The second-order valence-electron chi connectivity index (χ2n) is 6.85. The summed E-state index contributed by atoms with van der Waals surface area (Å²) in [6, 6.07) is 5.30. The summed E-state index contributed by atoms with van der Waals surface area (Å²) in [7, 11) is 0. The first-order chi connectivity index (χ1) is 9.60. The van der Waals surface area contributed by atoms with Gasteiger partial charge in [0.25, 0.3) is 0 Å². The lowest BCUT2D eigenvalue weighted by Crippen LogP contribution is -2.34. The smallest absolute Gasteiger partial charge is 0.00823 e. The van der Waals surface area contributed by atoms with Gasteiger partial charge < -0.3 is 5.32 Å². The lowest BCUT2D eigenvalue weighted by Gasteiger charge is -2.36. The molecular formula is C18H31NS. The third-order valence-electron chi connectivity index (χ3n) is 4.71. The number of aryl methyl sites for hydroxylation is 1. The molecule has 20 heavy (non-hydrogen) atoms. The Bertz CT molecular complexity index is 396. The number of rotatable bonds is 6. The molecule has 1 nitrogen and oxygen atoms in total. The van der Waals surface area contributed by atoms with Gasteiger partial charge in [0.05, 0.1) is 0 Å². The van der Waals surface area contributed by atoms with E-state index in [1.807, 2.05) is 11.3 Å². The monoisotopic (exact) mass is 293 g/mol. The molecule has 1 aliphatic rings. The Morgan fingerprint density at radius 2 is 2.10 bits per heavy atom. The van der Waals surface area contributed by atoms with Crippen LogP contribution in [0.3, 0.4) is 0 Å². The predicted octanol–water partition coefficient (Wildman–Crippen LogP) is 5.35. The number of hydrogen-bond donors (Lipinski definition) is 1. The zero-order valence-corrected chi connectivity index (χ0v) is 14.4. The van der Waals surface area contributed by atoms with Crippen LogP contribution in [-0.2, 0) is 0 Å². The summed E-state index contributed by atoms with van der Waals surface area (Å²) in [5.41, 5.74) is 0. The second kappa shape index (κ2) is 7.61. The highest BCUT2D eigenvalue weighted by atomic mass is 32.1. The van der Waals surface area contributed by atoms with Gasteiger partial charge in [-0.25, -0.2) is 0 Å². The highest BCUT2D eigenvalue weighted by molar-refractivity contribution is 7.12. The predicted molar refractivity (Wildman–Crippen MR) is 90.7 cm³/mol. The van der Waals surface area contributed by atoms with Crippen molar-refractivity contribution >= 4 is 11.3 Å². The first-order valence-electron chi connectivity index (χ1n) is 8.39. The third-order valence-corrected chi connectivity index (χ3v) is 5.85. The molecule has 0 saturated heterocycles. The summed E-state index contributed by atoms with van der Waals surface area (Å²) >= 11 is 2.02. The largest absolute Gasteiger partial charge is 0.314 e. The molecule has 2 heteroatoms. The van der Waals surface area contributed by atoms with E-state index in [2.05, 4.69) is 45.1 Å². The maximum atomic E-state index is 3.67. The molecule has 0 aromatic carbocycles. The molecule has 1 heterocycles. The lowest BCUT2D eigenvalue weighted by atomic mass is 9.72. The molecule has 3 atom stereocenters. The Morgan fingerprint density at radius 1 is 1.30 bits per heavy atom. The van der Waals surface area contributed by atoms with Gasteiger partial charge in [0.2, 0.25) is 0 Å². The van der Waals surface area contributed by atoms with E-state index in [4.69, 9.17) is 0 Å². The summed E-state index contributed by atoms with van der Waals surface area (Å²) in [5.74, 6) is 2.59. The van der Waals surface area contributed by atoms with Gasteiger partial charge in [-0.3, -0.25) is 0 Å². The van der Waals surface area contributed by atoms with Gasteiger partial charge in [0, 0.05) is 15.8 Å². The number of thiophene rings is 1. The van der Waals surface area contributed by atoms with Gasteiger partial charge in [-0.05, 0) is 56.2 Å². The Labute approximate surface area is 129 Å². The summed E-state index contributed by atoms with van der Waals surface area (Å²) < 4.78 is 0. The molecule has 1 saturated carbocycles. The molecule has 2 rings (SSSR count). The Morgan fingerprint density at radius 3 is 2.70 bits per heavy atom. The van der Waals surface area contributed by atoms with Crippen LogP contribution in [0.5, 0.6) is 0 Å². The molecule has 1 N–H and O–H groups in total. The number of nitrogens with one attached hydrogen (secondary N) is 1. The Hall–Kier alpha value is -0.340. The van der Waals surface area contributed by atoms with Gasteiger partial charge in [-0.1, -0.05) is 40.0 Å². The SMILES string of the molecule is CCCC1CCC(CNC(C)C)C(c2ccc(C)s2)C1. The first-order valence-corrected chi connectivity index (χ1v) is 9.21. The van der Waals surface area contributed by atoms with Crippen molar-refractivity contribution in [3.63, 3.8) is 0 Å². The van der Waals surface area contributed by atoms with Crippen LogP contribution in [0, 0.1) is 18.8 Å². The van der Waals surface area contributed by atoms with Crippen molar-refractivity contribution in [3.8, 4) is 0 Å². The summed E-state index contributed by atoms with van der Waals surface area (Å²) in [6.45, 7) is 10.3. The van der Waals surface area contributed by atoms with Gasteiger partial charge in [0.15, 0.2) is 0 Å². The Balaban J connectivity index is 2.05. The quantitative estimate of drug-likeness (QED) is 0.745. The van der Waals surface area contributed by atoms with E-state index < -0.39 is 0 Å². The fourth-order valence-electron chi connectivity index (χ4n) is 3.62. The van der Waals surface area contributed by atoms with Crippen LogP contribution in [0.15, 0.2) is 12.1 Å². The molecule has 1 aliphatic carbocycles. The average Bonchev–Trinajstić information content (AvgIpc) is 2.84. The van der Waals surface area contributed by atoms with Crippen molar-refractivity contribution in [1.82, 2.24) is 5.32 Å². The van der Waals surface area contributed by atoms with Gasteiger partial charge >= 0.3 is 0 Å². The van der Waals surface area contributed by atoms with Crippen molar-refractivity contribution in [1.29, 1.82) is 0 Å². The zero-order chi connectivity index (χ0) is 14.5. The summed E-state index contributed by atoms with van der Waals surface area (Å²) in [6.07, 6.45) is 7.03. The van der Waals surface area contributed by atoms with Crippen molar-refractivity contribution in [2.75, 3.05) is 6.54 Å². The van der Waals surface area contributed by atoms with Gasteiger partial charge in [0.1, 0.15) is 0 Å². The molecule has 1 aromatic rings. The molecule has 0 aliphatic heterocycles. The molecule has 0 bridgehead atoms. The fraction of sp³-hybridized carbons (Fsp3) is 0.778. The summed E-state index contributed by atoms with van der Waals surface area (Å²) in [5, 5.41) is 3.67. The highest BCUT2D eigenvalue weighted by Gasteiger charge is 2.31. The normalized spacial score (nSPS) is 27.1. The van der Waals surface area contributed by atoms with E-state index in [0.717, 1.165) is 17.8 Å². The lowest BCUT2D eigenvalue weighted by molar-refractivity contribution is 0.220. The minimum atomic E-state index is 0.606. The topological polar surface area (TPSA) is 12.0 Å². The van der Waals surface area contributed by atoms with Crippen LogP contribution >= 0.6 is 11.3 Å². The molecule has 3 unspecified atom stereocenters. The fourth-order valence-corrected chi connectivity index (χ4v) is 4.71. The molecule has 0 spiro atoms. The van der Waals surface area contributed by atoms with E-state index in [1.54, 1.807) is 4.88 Å². The molecule has 1 aromatic heterocycles. The van der Waals surface area contributed by atoms with E-state index in [0.29, 0.717) is 6.04 Å². The van der Waals surface area contributed by atoms with Crippen molar-refractivity contribution in [2.45, 2.75) is 71.8 Å². The molecule has 114 valence electrons. The van der Waals surface area contributed by atoms with Crippen LogP contribution in [0.1, 0.15) is 68.5 Å². The molecular weight excluding hydrogens is 262 g/mol. The first kappa shape index (κ1) is 16.0. The van der Waals surface area contributed by atoms with Gasteiger partial charge in [-0.15, -0.1) is 11.3 Å². The minimum Gasteiger partial charge on any atom is -0.314 e. The van der Waals surface area contributed by atoms with Crippen LogP contribution in [-0.4, -0.2) is 12.6 Å². The molecule has 0 radical (unpaired) electrons. The molecule has 1 fully saturated rings. The molecule has 0 amide bonds. The maximum absolute atomic E-state index is 3.67. The summed E-state index contributed by atoms with van der Waals surface area (Å²) in [4.78, 5) is 3.10. The maximum Gasteiger partial charge on any atom is 0.00823 e. The van der Waals surface area contributed by atoms with Crippen molar-refractivity contribution < 1.29 is 0 Å². The average molecular weight is 294 g/mol. The van der Waals surface area contributed by atoms with Crippen LogP contribution < -0.4 is 5.32 Å². The van der Waals surface area contributed by atoms with Crippen LogP contribution in [0.25, 0.3) is 0 Å². The highest BCUT2D eigenvalue weighted by Crippen LogP contribution is 2.43. The van der Waals surface area contributed by atoms with Gasteiger partial charge in [-0.2, -0.15) is 0 Å². The van der Waals surface area contributed by atoms with E-state index in [-0.39, 0.29) is 0 Å². The second-order valence-corrected chi connectivity index (χ2v) is 8.17. The van der Waals surface area contributed by atoms with E-state index in [9.17, 15) is 0 Å². The number of hydrogen-bond acceptors (Lipinski definition) is 2. The van der Waals surface area contributed by atoms with Crippen LogP contribution in [0.2, 0.25) is 0 Å². The zero-order valence-electron chi connectivity index (χ0n) is 13.6. The van der Waals surface area contributed by atoms with Crippen LogP contribution in [0.4, 0.5) is 0 Å². The third kappa shape index (κ3) is 4.33. The van der Waals surface area contributed by atoms with E-state index >= 15 is 0 Å².